The molecule has 0 saturated carbocycles. The fraction of sp³-hybridized carbons (Fsp3) is 0.217. The van der Waals surface area contributed by atoms with E-state index < -0.39 is 22.7 Å². The molecule has 0 spiro atoms. The van der Waals surface area contributed by atoms with Crippen molar-refractivity contribution in [3.63, 3.8) is 0 Å². The number of hydrogen-bond donors (Lipinski definition) is 2. The van der Waals surface area contributed by atoms with Gasteiger partial charge in [0, 0.05) is 24.4 Å². The van der Waals surface area contributed by atoms with Crippen molar-refractivity contribution in [1.82, 2.24) is 20.1 Å². The summed E-state index contributed by atoms with van der Waals surface area (Å²) >= 11 is 1.13. The molecule has 35 heavy (non-hydrogen) atoms. The van der Waals surface area contributed by atoms with Gasteiger partial charge in [-0.05, 0) is 37.6 Å². The van der Waals surface area contributed by atoms with E-state index in [9.17, 15) is 24.1 Å². The molecule has 10 nitrogen and oxygen atoms in total. The Hall–Kier alpha value is -4.06. The van der Waals surface area contributed by atoms with Crippen LogP contribution in [0, 0.1) is 22.9 Å². The zero-order valence-corrected chi connectivity index (χ0v) is 19.8. The molecule has 0 fully saturated rings. The number of nitrogens with one attached hydrogen (secondary N) is 2. The van der Waals surface area contributed by atoms with Crippen LogP contribution in [0.2, 0.25) is 0 Å². The fourth-order valence-electron chi connectivity index (χ4n) is 3.23. The van der Waals surface area contributed by atoms with E-state index in [1.165, 1.54) is 36.4 Å². The van der Waals surface area contributed by atoms with Gasteiger partial charge >= 0.3 is 0 Å². The number of nitro groups is 1. The molecule has 12 heteroatoms. The summed E-state index contributed by atoms with van der Waals surface area (Å²) in [6.07, 6.45) is 1.63. The maximum absolute atomic E-state index is 13.9. The number of allylic oxidation sites excluding steroid dienone is 1. The van der Waals surface area contributed by atoms with Gasteiger partial charge in [-0.2, -0.15) is 0 Å². The van der Waals surface area contributed by atoms with Crippen molar-refractivity contribution >= 4 is 35.0 Å². The number of aromatic nitrogens is 3. The number of aryl methyl sites for hydroxylation is 1. The molecule has 0 aliphatic carbocycles. The van der Waals surface area contributed by atoms with Gasteiger partial charge in [0.25, 0.3) is 11.6 Å². The number of thioether (sulfide) groups is 1. The van der Waals surface area contributed by atoms with Gasteiger partial charge in [0.15, 0.2) is 11.0 Å². The molecule has 2 N–H and O–H groups in total. The monoisotopic (exact) mass is 498 g/mol. The Labute approximate surface area is 204 Å². The predicted octanol–water partition coefficient (Wildman–Crippen LogP) is 4.04. The lowest BCUT2D eigenvalue weighted by atomic mass is 10.2. The zero-order chi connectivity index (χ0) is 25.5. The van der Waals surface area contributed by atoms with E-state index in [-0.39, 0.29) is 22.9 Å². The van der Waals surface area contributed by atoms with Gasteiger partial charge in [-0.25, -0.2) is 4.39 Å². The molecule has 0 unspecified atom stereocenters. The lowest BCUT2D eigenvalue weighted by Crippen LogP contribution is -2.29. The number of benzene rings is 2. The second-order valence-corrected chi connectivity index (χ2v) is 8.45. The second-order valence-electron chi connectivity index (χ2n) is 7.51. The smallest absolute Gasteiger partial charge is 0.269 e. The summed E-state index contributed by atoms with van der Waals surface area (Å²) in [5, 5.41) is 25.0. The summed E-state index contributed by atoms with van der Waals surface area (Å²) in [6, 6.07) is 9.25. The van der Waals surface area contributed by atoms with Crippen molar-refractivity contribution in [3.05, 3.63) is 88.0 Å². The Morgan fingerprint density at radius 1 is 1.29 bits per heavy atom. The van der Waals surface area contributed by atoms with Gasteiger partial charge in [-0.15, -0.1) is 16.8 Å². The minimum absolute atomic E-state index is 0.00166. The molecule has 0 aliphatic heterocycles. The summed E-state index contributed by atoms with van der Waals surface area (Å²) in [5.41, 5.74) is 0.895. The van der Waals surface area contributed by atoms with Crippen LogP contribution in [0.15, 0.2) is 60.3 Å². The summed E-state index contributed by atoms with van der Waals surface area (Å²) < 4.78 is 15.6. The van der Waals surface area contributed by atoms with Gasteiger partial charge < -0.3 is 15.2 Å². The van der Waals surface area contributed by atoms with Crippen LogP contribution in [-0.2, 0) is 11.3 Å². The lowest BCUT2D eigenvalue weighted by Gasteiger charge is -2.15. The van der Waals surface area contributed by atoms with Crippen molar-refractivity contribution in [1.29, 1.82) is 0 Å². The fourth-order valence-corrected chi connectivity index (χ4v) is 3.98. The molecular weight excluding hydrogens is 475 g/mol. The van der Waals surface area contributed by atoms with Gasteiger partial charge in [0.2, 0.25) is 5.91 Å². The van der Waals surface area contributed by atoms with Crippen LogP contribution in [0.1, 0.15) is 34.7 Å². The number of nitrogens with zero attached hydrogens (tertiary/aromatic N) is 4. The Bertz CT molecular complexity index is 1280. The van der Waals surface area contributed by atoms with Crippen molar-refractivity contribution < 1.29 is 18.9 Å². The number of halogens is 1. The Kier molecular flexibility index (Phi) is 8.31. The normalized spacial score (nSPS) is 11.5. The summed E-state index contributed by atoms with van der Waals surface area (Å²) in [4.78, 5) is 35.3. The maximum atomic E-state index is 13.9. The summed E-state index contributed by atoms with van der Waals surface area (Å²) in [5.74, 6) is -1.13. The van der Waals surface area contributed by atoms with E-state index in [0.29, 0.717) is 28.8 Å². The molecule has 1 atom stereocenters. The minimum Gasteiger partial charge on any atom is -0.342 e. The van der Waals surface area contributed by atoms with E-state index in [0.717, 1.165) is 11.8 Å². The number of rotatable bonds is 10. The third-order valence-corrected chi connectivity index (χ3v) is 5.90. The van der Waals surface area contributed by atoms with Gasteiger partial charge in [0.1, 0.15) is 5.82 Å². The maximum Gasteiger partial charge on any atom is 0.269 e. The molecular formula is C23H23FN6O4S. The van der Waals surface area contributed by atoms with Crippen molar-refractivity contribution in [2.24, 2.45) is 0 Å². The number of anilines is 1. The second kappa shape index (κ2) is 11.4. The first-order chi connectivity index (χ1) is 16.7. The first-order valence-corrected chi connectivity index (χ1v) is 11.5. The van der Waals surface area contributed by atoms with Crippen LogP contribution < -0.4 is 10.6 Å². The number of hydrogen-bond acceptors (Lipinski definition) is 7. The first-order valence-electron chi connectivity index (χ1n) is 10.5. The van der Waals surface area contributed by atoms with Crippen LogP contribution in [-0.4, -0.2) is 37.3 Å². The number of nitro benzene ring substituents is 1. The largest absolute Gasteiger partial charge is 0.342 e. The third kappa shape index (κ3) is 6.29. The highest BCUT2D eigenvalue weighted by molar-refractivity contribution is 7.99. The van der Waals surface area contributed by atoms with E-state index in [2.05, 4.69) is 27.4 Å². The van der Waals surface area contributed by atoms with Gasteiger partial charge in [-0.1, -0.05) is 30.0 Å². The standard InChI is InChI=1S/C23H23FN6O4S/c1-4-11-29-21(15(3)25-22(32)17-7-5-6-8-18(17)24)27-28-23(29)35-13-20(31)26-19-10-9-16(30(33)34)12-14(19)2/h4-10,12,15H,1,11,13H2,2-3H3,(H,25,32)(H,26,31)/t15-/m0/s1. The van der Waals surface area contributed by atoms with Crippen LogP contribution in [0.3, 0.4) is 0 Å². The molecule has 1 aromatic heterocycles. The molecule has 2 amide bonds. The number of carbonyl (C=O) groups is 2. The van der Waals surface area contributed by atoms with E-state index in [1.54, 1.807) is 30.6 Å². The molecule has 2 aromatic carbocycles. The summed E-state index contributed by atoms with van der Waals surface area (Å²) in [7, 11) is 0. The topological polar surface area (TPSA) is 132 Å². The average molecular weight is 499 g/mol. The van der Waals surface area contributed by atoms with Gasteiger partial charge in [-0.3, -0.25) is 19.7 Å². The SMILES string of the molecule is C=CCn1c(SCC(=O)Nc2ccc([N+](=O)[O-])cc2C)nnc1[C@H](C)NC(=O)c1ccccc1F. The zero-order valence-electron chi connectivity index (χ0n) is 19.0. The average Bonchev–Trinajstić information content (AvgIpc) is 3.22. The van der Waals surface area contributed by atoms with Crippen molar-refractivity contribution in [2.75, 3.05) is 11.1 Å². The molecule has 0 saturated heterocycles. The van der Waals surface area contributed by atoms with Crippen LogP contribution in [0.5, 0.6) is 0 Å². The quantitative estimate of drug-likeness (QED) is 0.187. The predicted molar refractivity (Wildman–Crippen MR) is 130 cm³/mol. The molecule has 3 aromatic rings. The third-order valence-electron chi connectivity index (χ3n) is 4.94. The number of carbonyl (C=O) groups excluding carboxylic acids is 2. The van der Waals surface area contributed by atoms with E-state index >= 15 is 0 Å². The highest BCUT2D eigenvalue weighted by Gasteiger charge is 2.21. The van der Waals surface area contributed by atoms with E-state index in [4.69, 9.17) is 0 Å². The van der Waals surface area contributed by atoms with Crippen LogP contribution in [0.4, 0.5) is 15.8 Å². The van der Waals surface area contributed by atoms with Crippen LogP contribution >= 0.6 is 11.8 Å². The highest BCUT2D eigenvalue weighted by atomic mass is 32.2. The molecule has 1 heterocycles. The Balaban J connectivity index is 1.67. The molecule has 182 valence electrons. The van der Waals surface area contributed by atoms with Crippen molar-refractivity contribution in [2.45, 2.75) is 31.6 Å². The Morgan fingerprint density at radius 2 is 2.03 bits per heavy atom. The molecule has 0 bridgehead atoms. The first kappa shape index (κ1) is 25.6. The highest BCUT2D eigenvalue weighted by Crippen LogP contribution is 2.24. The molecule has 0 radical (unpaired) electrons. The minimum atomic E-state index is -0.629. The number of non-ortho nitro benzene ring substituents is 1. The Morgan fingerprint density at radius 3 is 2.69 bits per heavy atom. The van der Waals surface area contributed by atoms with Crippen LogP contribution in [0.25, 0.3) is 0 Å². The number of amides is 2. The van der Waals surface area contributed by atoms with Crippen molar-refractivity contribution in [3.8, 4) is 0 Å². The summed E-state index contributed by atoms with van der Waals surface area (Å²) in [6.45, 7) is 7.42. The van der Waals surface area contributed by atoms with E-state index in [1.807, 2.05) is 0 Å². The molecule has 3 rings (SSSR count). The van der Waals surface area contributed by atoms with Gasteiger partial charge in [0.05, 0.1) is 22.3 Å². The lowest BCUT2D eigenvalue weighted by molar-refractivity contribution is -0.384. The molecule has 0 aliphatic rings.